The van der Waals surface area contributed by atoms with Crippen molar-refractivity contribution in [1.29, 1.82) is 0 Å². The third-order valence-electron chi connectivity index (χ3n) is 5.91. The van der Waals surface area contributed by atoms with Crippen molar-refractivity contribution in [3.63, 3.8) is 0 Å². The van der Waals surface area contributed by atoms with E-state index in [1.165, 1.54) is 17.5 Å². The highest BCUT2D eigenvalue weighted by molar-refractivity contribution is 7.90. The smallest absolute Gasteiger partial charge is 0.416 e. The number of fused-ring (bicyclic) bond motifs is 1. The predicted molar refractivity (Wildman–Crippen MR) is 142 cm³/mol. The maximum atomic E-state index is 13.5. The Morgan fingerprint density at radius 1 is 1.08 bits per heavy atom. The average molecular weight is 563 g/mol. The van der Waals surface area contributed by atoms with Gasteiger partial charge in [0.1, 0.15) is 0 Å². The molecule has 0 aliphatic carbocycles. The number of aromatic nitrogens is 2. The van der Waals surface area contributed by atoms with Gasteiger partial charge in [0.2, 0.25) is 10.0 Å². The summed E-state index contributed by atoms with van der Waals surface area (Å²) in [6.07, 6.45) is -1.46. The third kappa shape index (κ3) is 5.99. The number of thiazole rings is 1. The molecule has 38 heavy (non-hydrogen) atoms. The zero-order chi connectivity index (χ0) is 27.9. The molecule has 6 nitrogen and oxygen atoms in total. The fourth-order valence-electron chi connectivity index (χ4n) is 4.01. The Kier molecular flexibility index (Phi) is 7.28. The summed E-state index contributed by atoms with van der Waals surface area (Å²) in [7, 11) is -4.05. The molecule has 0 atom stereocenters. The maximum absolute atomic E-state index is 13.5. The van der Waals surface area contributed by atoms with E-state index in [2.05, 4.69) is 25.8 Å². The number of rotatable bonds is 7. The molecule has 0 bridgehead atoms. The van der Waals surface area contributed by atoms with Crippen molar-refractivity contribution in [2.24, 2.45) is 0 Å². The molecule has 1 N–H and O–H groups in total. The molecule has 11 heteroatoms. The van der Waals surface area contributed by atoms with Gasteiger partial charge in [0.15, 0.2) is 5.69 Å². The van der Waals surface area contributed by atoms with Crippen molar-refractivity contribution < 1.29 is 31.5 Å². The van der Waals surface area contributed by atoms with Crippen molar-refractivity contribution >= 4 is 44.3 Å². The molecule has 0 saturated heterocycles. The summed E-state index contributed by atoms with van der Waals surface area (Å²) in [4.78, 5) is 15.2. The first kappa shape index (κ1) is 27.6. The van der Waals surface area contributed by atoms with Gasteiger partial charge in [-0.05, 0) is 40.8 Å². The van der Waals surface area contributed by atoms with Crippen LogP contribution < -0.4 is 0 Å². The van der Waals surface area contributed by atoms with Gasteiger partial charge in [-0.15, -0.1) is 11.3 Å². The molecular weight excluding hydrogens is 537 g/mol. The van der Waals surface area contributed by atoms with Gasteiger partial charge in [-0.25, -0.2) is 22.2 Å². The number of halogens is 3. The Morgan fingerprint density at radius 3 is 2.45 bits per heavy atom. The van der Waals surface area contributed by atoms with Gasteiger partial charge in [-0.2, -0.15) is 13.2 Å². The lowest BCUT2D eigenvalue weighted by Crippen LogP contribution is -2.18. The van der Waals surface area contributed by atoms with E-state index >= 15 is 0 Å². The van der Waals surface area contributed by atoms with Crippen LogP contribution in [0.4, 0.5) is 13.2 Å². The normalized spacial score (nSPS) is 13.0. The fraction of sp³-hybridized carbons (Fsp3) is 0.259. The zero-order valence-corrected chi connectivity index (χ0v) is 22.4. The summed E-state index contributed by atoms with van der Waals surface area (Å²) in [6.45, 7) is 6.22. The van der Waals surface area contributed by atoms with Crippen LogP contribution in [0.15, 0.2) is 60.0 Å². The Balaban J connectivity index is 1.73. The Morgan fingerprint density at radius 2 is 1.82 bits per heavy atom. The minimum atomic E-state index is -4.59. The topological polar surface area (TPSA) is 89.3 Å². The molecule has 0 aliphatic heterocycles. The number of hydrogen-bond donors (Lipinski definition) is 1. The second-order valence-electron chi connectivity index (χ2n) is 9.84. The monoisotopic (exact) mass is 562 g/mol. The van der Waals surface area contributed by atoms with Gasteiger partial charge in [0.25, 0.3) is 0 Å². The minimum absolute atomic E-state index is 0.0649. The summed E-state index contributed by atoms with van der Waals surface area (Å²) in [5.41, 5.74) is 1.04. The number of carbonyl (C=O) groups is 1. The number of benzene rings is 2. The van der Waals surface area contributed by atoms with Crippen LogP contribution in [0.2, 0.25) is 0 Å². The molecule has 0 radical (unpaired) electrons. The first-order valence-corrected chi connectivity index (χ1v) is 14.0. The molecule has 0 aliphatic rings. The second-order valence-corrected chi connectivity index (χ2v) is 12.6. The van der Waals surface area contributed by atoms with Gasteiger partial charge in [-0.3, -0.25) is 0 Å². The molecule has 200 valence electrons. The van der Waals surface area contributed by atoms with Crippen molar-refractivity contribution in [3.05, 3.63) is 93.1 Å². The van der Waals surface area contributed by atoms with E-state index in [-0.39, 0.29) is 34.1 Å². The molecule has 4 rings (SSSR count). The van der Waals surface area contributed by atoms with E-state index in [9.17, 15) is 26.4 Å². The molecule has 2 heterocycles. The molecule has 0 amide bonds. The van der Waals surface area contributed by atoms with E-state index in [0.717, 1.165) is 44.6 Å². The number of aromatic carboxylic acids is 1. The molecule has 0 unspecified atom stereocenters. The molecular formula is C27H25F3N2O4S2. The van der Waals surface area contributed by atoms with E-state index in [1.54, 1.807) is 6.08 Å². The highest BCUT2D eigenvalue weighted by Crippen LogP contribution is 2.34. The molecule has 4 aromatic rings. The third-order valence-corrected chi connectivity index (χ3v) is 8.36. The fourth-order valence-corrected chi connectivity index (χ4v) is 6.22. The molecule has 2 aromatic heterocycles. The average Bonchev–Trinajstić information content (AvgIpc) is 3.42. The van der Waals surface area contributed by atoms with Crippen LogP contribution in [-0.2, 0) is 28.0 Å². The van der Waals surface area contributed by atoms with Crippen LogP contribution in [0.3, 0.4) is 0 Å². The lowest BCUT2D eigenvalue weighted by Gasteiger charge is -2.19. The summed E-state index contributed by atoms with van der Waals surface area (Å²) < 4.78 is 68.0. The Labute approximate surface area is 222 Å². The summed E-state index contributed by atoms with van der Waals surface area (Å²) in [5, 5.41) is 10.9. The van der Waals surface area contributed by atoms with E-state index in [1.807, 2.05) is 24.3 Å². The SMILES string of the molecule is CC(C)(C)c1cccc(C=CCS(=O)(=O)n2c(Cc3nc(C(=O)O)cs3)cc3cc(C(F)(F)F)ccc32)c1. The summed E-state index contributed by atoms with van der Waals surface area (Å²) in [6, 6.07) is 12.0. The van der Waals surface area contributed by atoms with Crippen LogP contribution in [0.5, 0.6) is 0 Å². The quantitative estimate of drug-likeness (QED) is 0.274. The number of carboxylic acid groups (broad SMARTS) is 1. The van der Waals surface area contributed by atoms with Gasteiger partial charge in [0.05, 0.1) is 21.8 Å². The van der Waals surface area contributed by atoms with Crippen LogP contribution >= 0.6 is 11.3 Å². The first-order chi connectivity index (χ1) is 17.6. The van der Waals surface area contributed by atoms with Crippen LogP contribution in [-0.4, -0.2) is 34.2 Å². The highest BCUT2D eigenvalue weighted by atomic mass is 32.2. The zero-order valence-electron chi connectivity index (χ0n) is 20.8. The molecule has 2 aromatic carbocycles. The lowest BCUT2D eigenvalue weighted by atomic mass is 9.86. The Bertz CT molecular complexity index is 1640. The molecule has 0 spiro atoms. The lowest BCUT2D eigenvalue weighted by molar-refractivity contribution is -0.137. The summed E-state index contributed by atoms with van der Waals surface area (Å²) >= 11 is 1.03. The highest BCUT2D eigenvalue weighted by Gasteiger charge is 2.31. The van der Waals surface area contributed by atoms with E-state index in [4.69, 9.17) is 5.11 Å². The number of carboxylic acids is 1. The predicted octanol–water partition coefficient (Wildman–Crippen LogP) is 6.59. The number of alkyl halides is 3. The van der Waals surface area contributed by atoms with Crippen molar-refractivity contribution in [2.75, 3.05) is 5.75 Å². The van der Waals surface area contributed by atoms with E-state index in [0.29, 0.717) is 5.01 Å². The van der Waals surface area contributed by atoms with Crippen molar-refractivity contribution in [1.82, 2.24) is 8.96 Å². The van der Waals surface area contributed by atoms with Gasteiger partial charge in [0, 0.05) is 22.9 Å². The first-order valence-electron chi connectivity index (χ1n) is 11.5. The number of hydrogen-bond acceptors (Lipinski definition) is 5. The summed E-state index contributed by atoms with van der Waals surface area (Å²) in [5.74, 6) is -1.63. The van der Waals surface area contributed by atoms with Crippen molar-refractivity contribution in [3.8, 4) is 0 Å². The van der Waals surface area contributed by atoms with E-state index < -0.39 is 33.5 Å². The molecule has 0 fully saturated rings. The number of nitrogens with zero attached hydrogens (tertiary/aromatic N) is 2. The van der Waals surface area contributed by atoms with Crippen LogP contribution in [0.1, 0.15) is 58.7 Å². The molecule has 0 saturated carbocycles. The van der Waals surface area contributed by atoms with Gasteiger partial charge in [-0.1, -0.05) is 57.2 Å². The minimum Gasteiger partial charge on any atom is -0.476 e. The van der Waals surface area contributed by atoms with Crippen LogP contribution in [0, 0.1) is 0 Å². The van der Waals surface area contributed by atoms with Gasteiger partial charge >= 0.3 is 12.1 Å². The van der Waals surface area contributed by atoms with Crippen molar-refractivity contribution in [2.45, 2.75) is 38.8 Å². The second kappa shape index (κ2) is 10.0. The Hall–Kier alpha value is -3.44. The standard InChI is InChI=1S/C27H25F3N2O4S2/c1-26(2,3)19-8-4-6-17(12-19)7-5-11-38(35,36)32-21(15-24-31-22(16-37-24)25(33)34)14-18-13-20(27(28,29)30)9-10-23(18)32/h4-10,12-14,16H,11,15H2,1-3H3,(H,33,34). The maximum Gasteiger partial charge on any atom is 0.416 e. The van der Waals surface area contributed by atoms with Gasteiger partial charge < -0.3 is 5.11 Å². The van der Waals surface area contributed by atoms with Crippen LogP contribution in [0.25, 0.3) is 17.0 Å². The largest absolute Gasteiger partial charge is 0.476 e.